The van der Waals surface area contributed by atoms with Gasteiger partial charge >= 0.3 is 5.97 Å². The number of thiophene rings is 1. The molecule has 152 valence electrons. The molecule has 0 fully saturated rings. The van der Waals surface area contributed by atoms with Crippen LogP contribution in [-0.2, 0) is 16.1 Å². The number of aryl methyl sites for hydroxylation is 1. The van der Waals surface area contributed by atoms with Crippen LogP contribution >= 0.6 is 23.1 Å². The Morgan fingerprint density at radius 2 is 2.00 bits per heavy atom. The van der Waals surface area contributed by atoms with E-state index in [1.54, 1.807) is 11.4 Å². The van der Waals surface area contributed by atoms with Crippen LogP contribution in [0.3, 0.4) is 0 Å². The number of amides is 1. The molecule has 0 aliphatic rings. The molecule has 0 saturated heterocycles. The molecule has 29 heavy (non-hydrogen) atoms. The zero-order valence-corrected chi connectivity index (χ0v) is 17.7. The van der Waals surface area contributed by atoms with Crippen molar-refractivity contribution in [1.82, 2.24) is 9.55 Å². The van der Waals surface area contributed by atoms with E-state index in [0.29, 0.717) is 27.5 Å². The third kappa shape index (κ3) is 5.04. The van der Waals surface area contributed by atoms with Crippen molar-refractivity contribution in [3.8, 4) is 0 Å². The molecule has 2 heterocycles. The number of anilines is 1. The number of fused-ring (bicyclic) bond motifs is 1. The summed E-state index contributed by atoms with van der Waals surface area (Å²) in [6.45, 7) is 3.86. The number of hydrogen-bond donors (Lipinski definition) is 2. The molecule has 3 aromatic rings. The van der Waals surface area contributed by atoms with Crippen molar-refractivity contribution in [3.63, 3.8) is 0 Å². The number of rotatable bonds is 8. The number of benzene rings is 1. The van der Waals surface area contributed by atoms with Gasteiger partial charge in [-0.25, -0.2) is 4.98 Å². The van der Waals surface area contributed by atoms with Crippen LogP contribution in [0.2, 0.25) is 0 Å². The van der Waals surface area contributed by atoms with Gasteiger partial charge in [0.2, 0.25) is 5.91 Å². The number of carboxylic acids is 1. The summed E-state index contributed by atoms with van der Waals surface area (Å²) in [7, 11) is 0. The van der Waals surface area contributed by atoms with Crippen molar-refractivity contribution in [3.05, 3.63) is 51.6 Å². The lowest BCUT2D eigenvalue weighted by atomic mass is 10.2. The molecule has 2 N–H and O–H groups in total. The smallest absolute Gasteiger partial charge is 0.305 e. The van der Waals surface area contributed by atoms with E-state index >= 15 is 0 Å². The average Bonchev–Trinajstić information content (AvgIpc) is 3.16. The van der Waals surface area contributed by atoms with Crippen molar-refractivity contribution >= 4 is 50.9 Å². The van der Waals surface area contributed by atoms with Crippen LogP contribution in [0.1, 0.15) is 25.3 Å². The van der Waals surface area contributed by atoms with Gasteiger partial charge in [0.15, 0.2) is 5.16 Å². The van der Waals surface area contributed by atoms with E-state index in [4.69, 9.17) is 5.11 Å². The van der Waals surface area contributed by atoms with Crippen LogP contribution in [0.4, 0.5) is 5.69 Å². The molecular formula is C20H21N3O4S2. The van der Waals surface area contributed by atoms with E-state index in [9.17, 15) is 14.4 Å². The topological polar surface area (TPSA) is 101 Å². The van der Waals surface area contributed by atoms with Crippen molar-refractivity contribution in [1.29, 1.82) is 0 Å². The van der Waals surface area contributed by atoms with E-state index < -0.39 is 11.2 Å². The van der Waals surface area contributed by atoms with Gasteiger partial charge in [-0.2, -0.15) is 0 Å². The lowest BCUT2D eigenvalue weighted by molar-refractivity contribution is -0.137. The molecule has 7 nitrogen and oxygen atoms in total. The molecule has 0 bridgehead atoms. The van der Waals surface area contributed by atoms with Crippen molar-refractivity contribution < 1.29 is 14.7 Å². The molecule has 0 aliphatic heterocycles. The predicted molar refractivity (Wildman–Crippen MR) is 116 cm³/mol. The van der Waals surface area contributed by atoms with E-state index in [0.717, 1.165) is 5.56 Å². The number of carbonyl (C=O) groups excluding carboxylic acids is 1. The van der Waals surface area contributed by atoms with Gasteiger partial charge < -0.3 is 10.4 Å². The van der Waals surface area contributed by atoms with Crippen LogP contribution in [0.25, 0.3) is 10.2 Å². The van der Waals surface area contributed by atoms with E-state index in [2.05, 4.69) is 10.3 Å². The first-order valence-electron chi connectivity index (χ1n) is 9.13. The largest absolute Gasteiger partial charge is 0.481 e. The zero-order valence-electron chi connectivity index (χ0n) is 16.0. The Hall–Kier alpha value is -2.65. The molecule has 0 aliphatic carbocycles. The molecule has 9 heteroatoms. The highest BCUT2D eigenvalue weighted by atomic mass is 32.2. The number of hydrogen-bond acceptors (Lipinski definition) is 6. The first kappa shape index (κ1) is 21.1. The third-order valence-corrected chi connectivity index (χ3v) is 6.56. The summed E-state index contributed by atoms with van der Waals surface area (Å²) in [5.41, 5.74) is 2.08. The van der Waals surface area contributed by atoms with Gasteiger partial charge in [0, 0.05) is 12.2 Å². The summed E-state index contributed by atoms with van der Waals surface area (Å²) in [6.07, 6.45) is 0.331. The summed E-state index contributed by atoms with van der Waals surface area (Å²) in [5.74, 6) is -1.19. The third-order valence-electron chi connectivity index (χ3n) is 4.31. The summed E-state index contributed by atoms with van der Waals surface area (Å²) < 4.78 is 1.84. The van der Waals surface area contributed by atoms with Crippen molar-refractivity contribution in [2.24, 2.45) is 0 Å². The maximum atomic E-state index is 12.8. The molecule has 3 rings (SSSR count). The lowest BCUT2D eigenvalue weighted by Crippen LogP contribution is -2.28. The lowest BCUT2D eigenvalue weighted by Gasteiger charge is -2.17. The maximum absolute atomic E-state index is 12.8. The van der Waals surface area contributed by atoms with Crippen molar-refractivity contribution in [2.45, 2.75) is 43.6 Å². The van der Waals surface area contributed by atoms with Gasteiger partial charge in [0.05, 0.1) is 17.2 Å². The Balaban J connectivity index is 1.88. The molecule has 1 amide bonds. The van der Waals surface area contributed by atoms with Crippen LogP contribution in [0, 0.1) is 6.92 Å². The summed E-state index contributed by atoms with van der Waals surface area (Å²) in [5, 5.41) is 13.6. The highest BCUT2D eigenvalue weighted by Crippen LogP contribution is 2.27. The average molecular weight is 432 g/mol. The van der Waals surface area contributed by atoms with Gasteiger partial charge in [-0.3, -0.25) is 19.0 Å². The molecule has 0 spiro atoms. The zero-order chi connectivity index (χ0) is 21.0. The summed E-state index contributed by atoms with van der Waals surface area (Å²) >= 11 is 2.45. The Kier molecular flexibility index (Phi) is 6.71. The number of nitrogens with zero attached hydrogens (tertiary/aromatic N) is 2. The Morgan fingerprint density at radius 3 is 2.66 bits per heavy atom. The monoisotopic (exact) mass is 431 g/mol. The second-order valence-electron chi connectivity index (χ2n) is 6.50. The first-order chi connectivity index (χ1) is 13.9. The number of aromatic nitrogens is 2. The second kappa shape index (κ2) is 9.23. The highest BCUT2D eigenvalue weighted by Gasteiger charge is 2.22. The Morgan fingerprint density at radius 1 is 1.28 bits per heavy atom. The molecule has 1 unspecified atom stereocenters. The van der Waals surface area contributed by atoms with Crippen LogP contribution in [-0.4, -0.2) is 31.8 Å². The molecular weight excluding hydrogens is 410 g/mol. The number of carboxylic acid groups (broad SMARTS) is 1. The van der Waals surface area contributed by atoms with E-state index in [1.165, 1.54) is 27.7 Å². The predicted octanol–water partition coefficient (Wildman–Crippen LogP) is 3.75. The molecule has 0 radical (unpaired) electrons. The Labute approximate surface area is 175 Å². The summed E-state index contributed by atoms with van der Waals surface area (Å²) in [6, 6.07) is 9.26. The standard InChI is InChI=1S/C20H21N3O4S2/c1-3-15(18(26)21-13-6-4-12(2)5-7-13)29-20-22-14-9-11-28-17(14)19(27)23(20)10-8-16(24)25/h4-7,9,11,15H,3,8,10H2,1-2H3,(H,21,26)(H,24,25). The van der Waals surface area contributed by atoms with Gasteiger partial charge in [-0.15, -0.1) is 11.3 Å². The quantitative estimate of drug-likeness (QED) is 0.416. The fraction of sp³-hybridized carbons (Fsp3) is 0.300. The molecule has 1 atom stereocenters. The molecule has 1 aromatic carbocycles. The minimum Gasteiger partial charge on any atom is -0.481 e. The van der Waals surface area contributed by atoms with Gasteiger partial charge in [-0.05, 0) is 36.9 Å². The SMILES string of the molecule is CCC(Sc1nc2ccsc2c(=O)n1CCC(=O)O)C(=O)Nc1ccc(C)cc1. The number of nitrogens with one attached hydrogen (secondary N) is 1. The van der Waals surface area contributed by atoms with Crippen molar-refractivity contribution in [2.75, 3.05) is 5.32 Å². The minimum atomic E-state index is -0.997. The maximum Gasteiger partial charge on any atom is 0.305 e. The van der Waals surface area contributed by atoms with Crippen LogP contribution in [0.5, 0.6) is 0 Å². The van der Waals surface area contributed by atoms with Gasteiger partial charge in [0.1, 0.15) is 4.70 Å². The molecule has 2 aromatic heterocycles. The highest BCUT2D eigenvalue weighted by molar-refractivity contribution is 8.00. The number of thioether (sulfide) groups is 1. The molecule has 0 saturated carbocycles. The van der Waals surface area contributed by atoms with Crippen LogP contribution in [0.15, 0.2) is 45.7 Å². The van der Waals surface area contributed by atoms with Gasteiger partial charge in [0.25, 0.3) is 5.56 Å². The minimum absolute atomic E-state index is 0.00730. The second-order valence-corrected chi connectivity index (χ2v) is 8.59. The fourth-order valence-corrected chi connectivity index (χ4v) is 4.55. The van der Waals surface area contributed by atoms with E-state index in [-0.39, 0.29) is 24.4 Å². The number of carbonyl (C=O) groups is 2. The Bertz CT molecular complexity index is 1090. The normalized spacial score (nSPS) is 12.1. The first-order valence-corrected chi connectivity index (χ1v) is 10.9. The fourth-order valence-electron chi connectivity index (χ4n) is 2.73. The summed E-state index contributed by atoms with van der Waals surface area (Å²) in [4.78, 5) is 41.1. The number of aliphatic carboxylic acids is 1. The van der Waals surface area contributed by atoms with E-state index in [1.807, 2.05) is 38.1 Å². The van der Waals surface area contributed by atoms with Crippen LogP contribution < -0.4 is 10.9 Å². The van der Waals surface area contributed by atoms with Gasteiger partial charge in [-0.1, -0.05) is 36.4 Å².